The zero-order valence-electron chi connectivity index (χ0n) is 17.5. The number of carbonyl (C=O) groups is 1. The van der Waals surface area contributed by atoms with Crippen molar-refractivity contribution in [3.8, 4) is 5.75 Å². The highest BCUT2D eigenvalue weighted by Crippen LogP contribution is 2.31. The van der Waals surface area contributed by atoms with E-state index in [2.05, 4.69) is 0 Å². The molecule has 174 valence electrons. The average molecular weight is 472 g/mol. The van der Waals surface area contributed by atoms with Gasteiger partial charge in [-0.05, 0) is 50.2 Å². The van der Waals surface area contributed by atoms with Crippen molar-refractivity contribution in [1.82, 2.24) is 4.31 Å². The third kappa shape index (κ3) is 5.16. The van der Waals surface area contributed by atoms with Gasteiger partial charge in [-0.2, -0.15) is 17.5 Å². The first-order valence-corrected chi connectivity index (χ1v) is 11.2. The SMILES string of the molecule is CC(C)(Oc1cccc(S(=O)(=O)N2CCN(c3ccc(C(F)(F)F)cc3)CC2)c1)C(=O)O. The Bertz CT molecular complexity index is 1080. The van der Waals surface area contributed by atoms with E-state index in [1.165, 1.54) is 54.6 Å². The minimum atomic E-state index is -4.41. The van der Waals surface area contributed by atoms with Crippen molar-refractivity contribution in [3.05, 3.63) is 54.1 Å². The van der Waals surface area contributed by atoms with Gasteiger partial charge in [0.05, 0.1) is 10.5 Å². The van der Waals surface area contributed by atoms with Gasteiger partial charge in [-0.3, -0.25) is 0 Å². The Morgan fingerprint density at radius 3 is 2.12 bits per heavy atom. The van der Waals surface area contributed by atoms with Gasteiger partial charge in [0.1, 0.15) is 5.75 Å². The van der Waals surface area contributed by atoms with E-state index in [1.54, 1.807) is 0 Å². The lowest BCUT2D eigenvalue weighted by Gasteiger charge is -2.35. The summed E-state index contributed by atoms with van der Waals surface area (Å²) in [6.45, 7) is 3.64. The molecule has 1 heterocycles. The summed E-state index contributed by atoms with van der Waals surface area (Å²) in [4.78, 5) is 13.1. The molecule has 1 fully saturated rings. The summed E-state index contributed by atoms with van der Waals surface area (Å²) in [7, 11) is -3.86. The van der Waals surface area contributed by atoms with E-state index in [1.807, 2.05) is 4.90 Å². The number of halogens is 3. The first-order valence-electron chi connectivity index (χ1n) is 9.75. The van der Waals surface area contributed by atoms with Crippen molar-refractivity contribution in [2.24, 2.45) is 0 Å². The van der Waals surface area contributed by atoms with Crippen LogP contribution in [-0.4, -0.2) is 55.6 Å². The normalized spacial score (nSPS) is 16.1. The molecule has 0 atom stereocenters. The Morgan fingerprint density at radius 2 is 1.59 bits per heavy atom. The summed E-state index contributed by atoms with van der Waals surface area (Å²) in [5, 5.41) is 9.20. The molecule has 0 bridgehead atoms. The summed E-state index contributed by atoms with van der Waals surface area (Å²) in [6, 6.07) is 10.4. The molecule has 0 amide bonds. The maximum atomic E-state index is 13.0. The zero-order valence-corrected chi connectivity index (χ0v) is 18.3. The molecule has 0 spiro atoms. The monoisotopic (exact) mass is 472 g/mol. The second kappa shape index (κ2) is 8.62. The van der Waals surface area contributed by atoms with Crippen molar-refractivity contribution in [2.75, 3.05) is 31.1 Å². The number of piperazine rings is 1. The Morgan fingerprint density at radius 1 is 1.00 bits per heavy atom. The number of aliphatic carboxylic acids is 1. The van der Waals surface area contributed by atoms with Crippen molar-refractivity contribution in [1.29, 1.82) is 0 Å². The summed E-state index contributed by atoms with van der Waals surface area (Å²) in [5.74, 6) is -1.08. The van der Waals surface area contributed by atoms with E-state index < -0.39 is 33.3 Å². The maximum Gasteiger partial charge on any atom is 0.416 e. The van der Waals surface area contributed by atoms with E-state index in [0.29, 0.717) is 18.8 Å². The third-order valence-corrected chi connectivity index (χ3v) is 7.02. The van der Waals surface area contributed by atoms with Gasteiger partial charge in [0.25, 0.3) is 0 Å². The van der Waals surface area contributed by atoms with Gasteiger partial charge in [0, 0.05) is 37.9 Å². The molecule has 1 aliphatic rings. The summed E-state index contributed by atoms with van der Waals surface area (Å²) in [5.41, 5.74) is -1.69. The average Bonchev–Trinajstić information content (AvgIpc) is 2.73. The van der Waals surface area contributed by atoms with Gasteiger partial charge in [0.2, 0.25) is 10.0 Å². The number of rotatable bonds is 6. The van der Waals surface area contributed by atoms with Crippen LogP contribution in [0, 0.1) is 0 Å². The highest BCUT2D eigenvalue weighted by Gasteiger charge is 2.33. The lowest BCUT2D eigenvalue weighted by Crippen LogP contribution is -2.48. The molecule has 32 heavy (non-hydrogen) atoms. The van der Waals surface area contributed by atoms with E-state index in [0.717, 1.165) is 12.1 Å². The standard InChI is InChI=1S/C21H23F3N2O5S/c1-20(2,19(27)28)31-17-4-3-5-18(14-17)32(29,30)26-12-10-25(11-13-26)16-8-6-15(7-9-16)21(22,23)24/h3-9,14H,10-13H2,1-2H3,(H,27,28). The second-order valence-electron chi connectivity index (χ2n) is 7.83. The smallest absolute Gasteiger partial charge is 0.416 e. The van der Waals surface area contributed by atoms with Gasteiger partial charge < -0.3 is 14.7 Å². The van der Waals surface area contributed by atoms with Crippen molar-refractivity contribution in [3.63, 3.8) is 0 Å². The quantitative estimate of drug-likeness (QED) is 0.693. The number of benzene rings is 2. The van der Waals surface area contributed by atoms with Crippen molar-refractivity contribution in [2.45, 2.75) is 30.5 Å². The Balaban J connectivity index is 1.70. The number of nitrogens with zero attached hydrogens (tertiary/aromatic N) is 2. The van der Waals surface area contributed by atoms with Gasteiger partial charge in [-0.15, -0.1) is 0 Å². The second-order valence-corrected chi connectivity index (χ2v) is 9.77. The molecule has 1 saturated heterocycles. The largest absolute Gasteiger partial charge is 0.478 e. The molecule has 11 heteroatoms. The van der Waals surface area contributed by atoms with Gasteiger partial charge in [-0.25, -0.2) is 13.2 Å². The number of hydrogen-bond donors (Lipinski definition) is 1. The van der Waals surface area contributed by atoms with Crippen LogP contribution in [0.15, 0.2) is 53.4 Å². The van der Waals surface area contributed by atoms with Gasteiger partial charge in [0.15, 0.2) is 5.60 Å². The molecular formula is C21H23F3N2O5S. The molecule has 7 nitrogen and oxygen atoms in total. The van der Waals surface area contributed by atoms with E-state index >= 15 is 0 Å². The molecule has 0 aromatic heterocycles. The number of sulfonamides is 1. The molecule has 0 radical (unpaired) electrons. The molecule has 1 aliphatic heterocycles. The number of ether oxygens (including phenoxy) is 1. The van der Waals surface area contributed by atoms with Crippen LogP contribution in [0.4, 0.5) is 18.9 Å². The van der Waals surface area contributed by atoms with Crippen LogP contribution in [-0.2, 0) is 21.0 Å². The molecule has 2 aromatic rings. The highest BCUT2D eigenvalue weighted by atomic mass is 32.2. The summed E-state index contributed by atoms with van der Waals surface area (Å²) >= 11 is 0. The zero-order chi connectivity index (χ0) is 23.7. The fourth-order valence-corrected chi connectivity index (χ4v) is 4.69. The minimum absolute atomic E-state index is 0.0285. The van der Waals surface area contributed by atoms with Gasteiger partial charge in [-0.1, -0.05) is 6.07 Å². The minimum Gasteiger partial charge on any atom is -0.478 e. The fourth-order valence-electron chi connectivity index (χ4n) is 3.23. The topological polar surface area (TPSA) is 87.2 Å². The number of carboxylic acids is 1. The first-order chi connectivity index (χ1) is 14.8. The molecular weight excluding hydrogens is 449 g/mol. The molecule has 3 rings (SSSR count). The van der Waals surface area contributed by atoms with Crippen LogP contribution in [0.2, 0.25) is 0 Å². The number of hydrogen-bond acceptors (Lipinski definition) is 5. The molecule has 0 saturated carbocycles. The predicted molar refractivity (Wildman–Crippen MR) is 111 cm³/mol. The molecule has 2 aromatic carbocycles. The maximum absolute atomic E-state index is 13.0. The van der Waals surface area contributed by atoms with Gasteiger partial charge >= 0.3 is 12.1 Å². The number of carboxylic acid groups (broad SMARTS) is 1. The number of alkyl halides is 3. The van der Waals surface area contributed by atoms with E-state index in [9.17, 15) is 31.5 Å². The summed E-state index contributed by atoms with van der Waals surface area (Å²) in [6.07, 6.45) is -4.41. The summed E-state index contributed by atoms with van der Waals surface area (Å²) < 4.78 is 71.0. The first kappa shape index (κ1) is 23.9. The van der Waals surface area contributed by atoms with Crippen LogP contribution >= 0.6 is 0 Å². The van der Waals surface area contributed by atoms with Crippen molar-refractivity contribution >= 4 is 21.7 Å². The van der Waals surface area contributed by atoms with Crippen LogP contribution in [0.3, 0.4) is 0 Å². The lowest BCUT2D eigenvalue weighted by atomic mass is 10.1. The van der Waals surface area contributed by atoms with Crippen molar-refractivity contribution < 1.29 is 36.2 Å². The molecule has 0 aliphatic carbocycles. The molecule has 1 N–H and O–H groups in total. The van der Waals surface area contributed by atoms with E-state index in [-0.39, 0.29) is 23.7 Å². The predicted octanol–water partition coefficient (Wildman–Crippen LogP) is 3.46. The van der Waals surface area contributed by atoms with Crippen LogP contribution in [0.1, 0.15) is 19.4 Å². The Kier molecular flexibility index (Phi) is 6.43. The third-order valence-electron chi connectivity index (χ3n) is 5.13. The lowest BCUT2D eigenvalue weighted by molar-refractivity contribution is -0.152. The number of anilines is 1. The van der Waals surface area contributed by atoms with Crippen LogP contribution in [0.25, 0.3) is 0 Å². The fraction of sp³-hybridized carbons (Fsp3) is 0.381. The highest BCUT2D eigenvalue weighted by molar-refractivity contribution is 7.89. The van der Waals surface area contributed by atoms with Crippen LogP contribution in [0.5, 0.6) is 5.75 Å². The Labute approximate surface area is 184 Å². The molecule has 0 unspecified atom stereocenters. The Hall–Kier alpha value is -2.79. The van der Waals surface area contributed by atoms with E-state index in [4.69, 9.17) is 4.74 Å². The van der Waals surface area contributed by atoms with Crippen LogP contribution < -0.4 is 9.64 Å².